The standard InChI is InChI=1S/C22H27FN2O4/c1-15-10-21(22(28-2)24-12-15)18(13-25(26)27)14-29-20-8-6-16(7-9-20)17-4-3-5-19(23)11-17/h3-5,10-12,16,18,20H,6-9,13-14H2,1-2H3. The normalized spacial score (nSPS) is 20.2. The van der Waals surface area contributed by atoms with Gasteiger partial charge in [-0.25, -0.2) is 9.37 Å². The van der Waals surface area contributed by atoms with Gasteiger partial charge in [0.2, 0.25) is 12.4 Å². The lowest BCUT2D eigenvalue weighted by molar-refractivity contribution is -0.484. The summed E-state index contributed by atoms with van der Waals surface area (Å²) in [6.45, 7) is 1.91. The van der Waals surface area contributed by atoms with E-state index in [9.17, 15) is 14.5 Å². The van der Waals surface area contributed by atoms with Gasteiger partial charge in [-0.05, 0) is 67.9 Å². The fourth-order valence-electron chi connectivity index (χ4n) is 4.04. The van der Waals surface area contributed by atoms with Gasteiger partial charge in [-0.15, -0.1) is 0 Å². The zero-order valence-electron chi connectivity index (χ0n) is 16.8. The molecule has 0 radical (unpaired) electrons. The number of benzene rings is 1. The van der Waals surface area contributed by atoms with Crippen molar-refractivity contribution < 1.29 is 18.8 Å². The maximum atomic E-state index is 13.5. The first-order valence-corrected chi connectivity index (χ1v) is 9.95. The predicted octanol–water partition coefficient (Wildman–Crippen LogP) is 4.64. The van der Waals surface area contributed by atoms with Crippen LogP contribution in [0.3, 0.4) is 0 Å². The molecule has 0 spiro atoms. The molecule has 1 saturated carbocycles. The average Bonchev–Trinajstić information content (AvgIpc) is 2.71. The fraction of sp³-hybridized carbons (Fsp3) is 0.500. The van der Waals surface area contributed by atoms with Gasteiger partial charge in [0.25, 0.3) is 0 Å². The Balaban J connectivity index is 1.61. The third-order valence-electron chi connectivity index (χ3n) is 5.55. The second-order valence-corrected chi connectivity index (χ2v) is 7.69. The third kappa shape index (κ3) is 5.73. The average molecular weight is 402 g/mol. The van der Waals surface area contributed by atoms with E-state index in [2.05, 4.69) is 4.98 Å². The molecule has 0 amide bonds. The number of hydrogen-bond acceptors (Lipinski definition) is 5. The topological polar surface area (TPSA) is 74.5 Å². The van der Waals surface area contributed by atoms with Gasteiger partial charge in [0, 0.05) is 16.7 Å². The largest absolute Gasteiger partial charge is 0.481 e. The van der Waals surface area contributed by atoms with Crippen LogP contribution in [0.1, 0.15) is 54.2 Å². The molecule has 156 valence electrons. The number of rotatable bonds is 8. The third-order valence-corrected chi connectivity index (χ3v) is 5.55. The number of methoxy groups -OCH3 is 1. The van der Waals surface area contributed by atoms with Crippen LogP contribution in [-0.2, 0) is 4.74 Å². The second-order valence-electron chi connectivity index (χ2n) is 7.69. The molecule has 3 rings (SSSR count). The number of aryl methyl sites for hydroxylation is 1. The van der Waals surface area contributed by atoms with Crippen molar-refractivity contribution in [1.29, 1.82) is 0 Å². The molecule has 0 N–H and O–H groups in total. The SMILES string of the molecule is COc1ncc(C)cc1C(COC1CCC(c2cccc(F)c2)CC1)C[N+](=O)[O-]. The Morgan fingerprint density at radius 3 is 2.69 bits per heavy atom. The van der Waals surface area contributed by atoms with Crippen molar-refractivity contribution in [2.45, 2.75) is 50.5 Å². The van der Waals surface area contributed by atoms with Crippen LogP contribution in [0.5, 0.6) is 5.88 Å². The predicted molar refractivity (Wildman–Crippen MR) is 107 cm³/mol. The lowest BCUT2D eigenvalue weighted by atomic mass is 9.82. The van der Waals surface area contributed by atoms with Gasteiger partial charge in [-0.3, -0.25) is 10.1 Å². The van der Waals surface area contributed by atoms with E-state index in [-0.39, 0.29) is 30.0 Å². The molecule has 1 aliphatic rings. The van der Waals surface area contributed by atoms with Gasteiger partial charge in [-0.2, -0.15) is 0 Å². The van der Waals surface area contributed by atoms with Crippen molar-refractivity contribution in [2.75, 3.05) is 20.3 Å². The summed E-state index contributed by atoms with van der Waals surface area (Å²) in [5.74, 6) is 0.111. The number of halogens is 1. The van der Waals surface area contributed by atoms with Crippen LogP contribution in [0.2, 0.25) is 0 Å². The molecule has 1 fully saturated rings. The van der Waals surface area contributed by atoms with Crippen LogP contribution in [-0.4, -0.2) is 36.3 Å². The Labute approximate surface area is 170 Å². The number of nitrogens with zero attached hydrogens (tertiary/aromatic N) is 2. The Kier molecular flexibility index (Phi) is 7.14. The Morgan fingerprint density at radius 1 is 1.28 bits per heavy atom. The molecule has 1 atom stereocenters. The van der Waals surface area contributed by atoms with E-state index in [0.717, 1.165) is 36.8 Å². The second kappa shape index (κ2) is 9.78. The quantitative estimate of drug-likeness (QED) is 0.475. The van der Waals surface area contributed by atoms with Gasteiger partial charge >= 0.3 is 0 Å². The fourth-order valence-corrected chi connectivity index (χ4v) is 4.04. The molecule has 1 heterocycles. The highest BCUT2D eigenvalue weighted by molar-refractivity contribution is 5.33. The zero-order chi connectivity index (χ0) is 20.8. The molecule has 0 bridgehead atoms. The van der Waals surface area contributed by atoms with Crippen molar-refractivity contribution >= 4 is 0 Å². The maximum absolute atomic E-state index is 13.5. The summed E-state index contributed by atoms with van der Waals surface area (Å²) in [4.78, 5) is 15.1. The summed E-state index contributed by atoms with van der Waals surface area (Å²) in [6, 6.07) is 8.67. The van der Waals surface area contributed by atoms with Gasteiger partial charge < -0.3 is 9.47 Å². The smallest absolute Gasteiger partial charge is 0.216 e. The van der Waals surface area contributed by atoms with E-state index in [1.807, 2.05) is 19.1 Å². The number of nitro groups is 1. The van der Waals surface area contributed by atoms with E-state index in [1.54, 1.807) is 18.3 Å². The lowest BCUT2D eigenvalue weighted by Gasteiger charge is -2.30. The summed E-state index contributed by atoms with van der Waals surface area (Å²) >= 11 is 0. The molecule has 2 aromatic rings. The first-order chi connectivity index (χ1) is 14.0. The molecule has 1 aromatic carbocycles. The van der Waals surface area contributed by atoms with Crippen molar-refractivity contribution in [3.05, 3.63) is 69.2 Å². The van der Waals surface area contributed by atoms with Gasteiger partial charge in [0.05, 0.1) is 25.7 Å². The summed E-state index contributed by atoms with van der Waals surface area (Å²) in [7, 11) is 1.51. The Morgan fingerprint density at radius 2 is 2.03 bits per heavy atom. The van der Waals surface area contributed by atoms with Gasteiger partial charge in [0.1, 0.15) is 5.82 Å². The maximum Gasteiger partial charge on any atom is 0.216 e. The molecule has 1 unspecified atom stereocenters. The Bertz CT molecular complexity index is 837. The molecule has 1 aliphatic carbocycles. The van der Waals surface area contributed by atoms with Crippen LogP contribution in [0.15, 0.2) is 36.5 Å². The molecule has 0 aliphatic heterocycles. The van der Waals surface area contributed by atoms with Crippen LogP contribution < -0.4 is 4.74 Å². The summed E-state index contributed by atoms with van der Waals surface area (Å²) in [6.07, 6.45) is 5.29. The van der Waals surface area contributed by atoms with Crippen LogP contribution in [0.4, 0.5) is 4.39 Å². The monoisotopic (exact) mass is 402 g/mol. The highest BCUT2D eigenvalue weighted by Crippen LogP contribution is 2.35. The minimum Gasteiger partial charge on any atom is -0.481 e. The summed E-state index contributed by atoms with van der Waals surface area (Å²) in [5.41, 5.74) is 2.66. The minimum atomic E-state index is -0.423. The van der Waals surface area contributed by atoms with Crippen LogP contribution >= 0.6 is 0 Å². The van der Waals surface area contributed by atoms with Crippen molar-refractivity contribution in [1.82, 2.24) is 4.98 Å². The van der Waals surface area contributed by atoms with Crippen molar-refractivity contribution in [2.24, 2.45) is 0 Å². The zero-order valence-corrected chi connectivity index (χ0v) is 16.8. The van der Waals surface area contributed by atoms with Crippen LogP contribution in [0.25, 0.3) is 0 Å². The molecule has 0 saturated heterocycles. The molecule has 6 nitrogen and oxygen atoms in total. The molecule has 7 heteroatoms. The lowest BCUT2D eigenvalue weighted by Crippen LogP contribution is -2.26. The summed E-state index contributed by atoms with van der Waals surface area (Å²) < 4.78 is 24.9. The highest BCUT2D eigenvalue weighted by atomic mass is 19.1. The van der Waals surface area contributed by atoms with Crippen LogP contribution in [0, 0.1) is 22.9 Å². The summed E-state index contributed by atoms with van der Waals surface area (Å²) in [5, 5.41) is 11.2. The highest BCUT2D eigenvalue weighted by Gasteiger charge is 2.27. The van der Waals surface area contributed by atoms with E-state index in [0.29, 0.717) is 17.4 Å². The number of pyridine rings is 1. The molecular formula is C22H27FN2O4. The Hall–Kier alpha value is -2.54. The van der Waals surface area contributed by atoms with E-state index in [4.69, 9.17) is 9.47 Å². The van der Waals surface area contributed by atoms with Crippen molar-refractivity contribution in [3.63, 3.8) is 0 Å². The number of ether oxygens (including phenoxy) is 2. The first kappa shape index (κ1) is 21.2. The van der Waals surface area contributed by atoms with E-state index in [1.165, 1.54) is 13.2 Å². The molecule has 1 aromatic heterocycles. The number of hydrogen-bond donors (Lipinski definition) is 0. The van der Waals surface area contributed by atoms with Crippen molar-refractivity contribution in [3.8, 4) is 5.88 Å². The molecular weight excluding hydrogens is 375 g/mol. The van der Waals surface area contributed by atoms with Gasteiger partial charge in [0.15, 0.2) is 0 Å². The minimum absolute atomic E-state index is 0.0535. The first-order valence-electron chi connectivity index (χ1n) is 9.95. The van der Waals surface area contributed by atoms with Gasteiger partial charge in [-0.1, -0.05) is 12.1 Å². The number of aromatic nitrogens is 1. The molecule has 29 heavy (non-hydrogen) atoms. The van der Waals surface area contributed by atoms with E-state index >= 15 is 0 Å². The van der Waals surface area contributed by atoms with E-state index < -0.39 is 5.92 Å².